The molecular weight excluding hydrogens is 414 g/mol. The molecule has 1 aromatic heterocycles. The van der Waals surface area contributed by atoms with Crippen LogP contribution in [0.25, 0.3) is 10.9 Å². The van der Waals surface area contributed by atoms with Gasteiger partial charge in [0.25, 0.3) is 0 Å². The molecule has 0 saturated carbocycles. The van der Waals surface area contributed by atoms with Gasteiger partial charge in [-0.25, -0.2) is 0 Å². The zero-order valence-corrected chi connectivity index (χ0v) is 20.4. The molecule has 1 atom stereocenters. The van der Waals surface area contributed by atoms with Crippen LogP contribution in [0.4, 0.5) is 0 Å². The molecule has 0 aliphatic carbocycles. The number of piperidine rings is 1. The molecule has 180 valence electrons. The Morgan fingerprint density at radius 2 is 1.85 bits per heavy atom. The van der Waals surface area contributed by atoms with Crippen molar-refractivity contribution >= 4 is 10.9 Å². The number of methoxy groups -OCH3 is 1. The standard InChI is InChI=1S/C27H39N3O3/c1-20-16-23(21-6-12-30(13-7-21)22-8-15-32-19-22)24-17-26(31-2)27(18-25(24)28-20)33-14-5-11-29-9-3-4-10-29/h16-18,21-22H,3-15,19H2,1-2H3/t22-/m0/s1. The number of hydrogen-bond acceptors (Lipinski definition) is 6. The van der Waals surface area contributed by atoms with Gasteiger partial charge in [0.1, 0.15) is 0 Å². The van der Waals surface area contributed by atoms with E-state index in [1.807, 2.05) is 0 Å². The van der Waals surface area contributed by atoms with Crippen LogP contribution in [0, 0.1) is 6.92 Å². The van der Waals surface area contributed by atoms with Crippen LogP contribution in [0.15, 0.2) is 18.2 Å². The molecule has 5 rings (SSSR count). The molecule has 6 heteroatoms. The molecule has 33 heavy (non-hydrogen) atoms. The second-order valence-electron chi connectivity index (χ2n) is 9.95. The van der Waals surface area contributed by atoms with E-state index in [-0.39, 0.29) is 0 Å². The molecule has 0 unspecified atom stereocenters. The summed E-state index contributed by atoms with van der Waals surface area (Å²) in [5.74, 6) is 2.19. The molecule has 1 aromatic carbocycles. The Kier molecular flexibility index (Phi) is 7.34. The van der Waals surface area contributed by atoms with Gasteiger partial charge in [0, 0.05) is 36.3 Å². The van der Waals surface area contributed by atoms with E-state index in [9.17, 15) is 0 Å². The molecule has 2 aromatic rings. The van der Waals surface area contributed by atoms with Crippen molar-refractivity contribution in [2.24, 2.45) is 0 Å². The fourth-order valence-electron chi connectivity index (χ4n) is 5.87. The number of nitrogens with zero attached hydrogens (tertiary/aromatic N) is 3. The van der Waals surface area contributed by atoms with E-state index in [0.29, 0.717) is 18.6 Å². The SMILES string of the molecule is COc1cc2c(C3CCN([C@H]4CCOC4)CC3)cc(C)nc2cc1OCCCN1CCCC1. The largest absolute Gasteiger partial charge is 0.493 e. The van der Waals surface area contributed by atoms with Crippen LogP contribution in [0.1, 0.15) is 55.7 Å². The minimum Gasteiger partial charge on any atom is -0.493 e. The van der Waals surface area contributed by atoms with Crippen LogP contribution in [0.3, 0.4) is 0 Å². The van der Waals surface area contributed by atoms with Crippen molar-refractivity contribution in [2.75, 3.05) is 59.7 Å². The first kappa shape index (κ1) is 22.9. The van der Waals surface area contributed by atoms with Gasteiger partial charge in [0.2, 0.25) is 0 Å². The van der Waals surface area contributed by atoms with Crippen molar-refractivity contribution in [3.63, 3.8) is 0 Å². The average Bonchev–Trinajstić information content (AvgIpc) is 3.55. The van der Waals surface area contributed by atoms with Gasteiger partial charge in [-0.1, -0.05) is 0 Å². The molecule has 6 nitrogen and oxygen atoms in total. The highest BCUT2D eigenvalue weighted by Gasteiger charge is 2.29. The fraction of sp³-hybridized carbons (Fsp3) is 0.667. The monoisotopic (exact) mass is 453 g/mol. The Hall–Kier alpha value is -1.89. The number of benzene rings is 1. The Balaban J connectivity index is 1.30. The number of aromatic nitrogens is 1. The normalized spacial score (nSPS) is 22.9. The molecular formula is C27H39N3O3. The van der Waals surface area contributed by atoms with Gasteiger partial charge in [-0.3, -0.25) is 9.88 Å². The van der Waals surface area contributed by atoms with E-state index >= 15 is 0 Å². The van der Waals surface area contributed by atoms with E-state index in [2.05, 4.69) is 34.9 Å². The summed E-state index contributed by atoms with van der Waals surface area (Å²) in [5.41, 5.74) is 3.51. The lowest BCUT2D eigenvalue weighted by atomic mass is 9.86. The minimum absolute atomic E-state index is 0.560. The maximum atomic E-state index is 6.18. The smallest absolute Gasteiger partial charge is 0.163 e. The van der Waals surface area contributed by atoms with Gasteiger partial charge in [-0.2, -0.15) is 0 Å². The molecule has 3 saturated heterocycles. The van der Waals surface area contributed by atoms with Crippen LogP contribution >= 0.6 is 0 Å². The molecule has 0 N–H and O–H groups in total. The summed E-state index contributed by atoms with van der Waals surface area (Å²) >= 11 is 0. The topological polar surface area (TPSA) is 47.1 Å². The number of hydrogen-bond donors (Lipinski definition) is 0. The molecule has 0 spiro atoms. The maximum Gasteiger partial charge on any atom is 0.163 e. The molecule has 0 bridgehead atoms. The van der Waals surface area contributed by atoms with Crippen molar-refractivity contribution in [3.8, 4) is 11.5 Å². The number of aryl methyl sites for hydroxylation is 1. The zero-order valence-electron chi connectivity index (χ0n) is 20.4. The van der Waals surface area contributed by atoms with E-state index in [4.69, 9.17) is 19.2 Å². The van der Waals surface area contributed by atoms with Crippen molar-refractivity contribution in [3.05, 3.63) is 29.5 Å². The summed E-state index contributed by atoms with van der Waals surface area (Å²) < 4.78 is 17.6. The molecule has 3 aliphatic heterocycles. The van der Waals surface area contributed by atoms with Crippen LogP contribution in [0.5, 0.6) is 11.5 Å². The number of rotatable bonds is 8. The quantitative estimate of drug-likeness (QED) is 0.553. The van der Waals surface area contributed by atoms with E-state index in [0.717, 1.165) is 62.0 Å². The summed E-state index contributed by atoms with van der Waals surface area (Å²) in [6, 6.07) is 7.15. The molecule has 0 radical (unpaired) electrons. The van der Waals surface area contributed by atoms with Gasteiger partial charge >= 0.3 is 0 Å². The van der Waals surface area contributed by atoms with Crippen LogP contribution in [0.2, 0.25) is 0 Å². The Labute approximate surface area is 198 Å². The first-order chi connectivity index (χ1) is 16.2. The molecule has 0 amide bonds. The third-order valence-electron chi connectivity index (χ3n) is 7.72. The lowest BCUT2D eigenvalue weighted by Crippen LogP contribution is -2.41. The van der Waals surface area contributed by atoms with E-state index in [1.165, 1.54) is 56.1 Å². The summed E-state index contributed by atoms with van der Waals surface area (Å²) in [4.78, 5) is 10.0. The first-order valence-electron chi connectivity index (χ1n) is 12.9. The number of likely N-dealkylation sites (tertiary alicyclic amines) is 2. The van der Waals surface area contributed by atoms with Crippen molar-refractivity contribution < 1.29 is 14.2 Å². The minimum atomic E-state index is 0.560. The summed E-state index contributed by atoms with van der Waals surface area (Å²) in [7, 11) is 1.74. The van der Waals surface area contributed by atoms with Crippen molar-refractivity contribution in [2.45, 2.75) is 57.4 Å². The third kappa shape index (κ3) is 5.28. The maximum absolute atomic E-state index is 6.18. The average molecular weight is 454 g/mol. The Bertz CT molecular complexity index is 930. The first-order valence-corrected chi connectivity index (χ1v) is 12.9. The summed E-state index contributed by atoms with van der Waals surface area (Å²) in [6.45, 7) is 10.5. The van der Waals surface area contributed by atoms with Crippen molar-refractivity contribution in [1.82, 2.24) is 14.8 Å². The Morgan fingerprint density at radius 1 is 1.03 bits per heavy atom. The van der Waals surface area contributed by atoms with E-state index in [1.54, 1.807) is 7.11 Å². The molecule has 3 fully saturated rings. The Morgan fingerprint density at radius 3 is 2.58 bits per heavy atom. The molecule has 3 aliphatic rings. The van der Waals surface area contributed by atoms with Crippen LogP contribution in [-0.2, 0) is 4.74 Å². The van der Waals surface area contributed by atoms with Gasteiger partial charge in [0.15, 0.2) is 11.5 Å². The predicted molar refractivity (Wildman–Crippen MR) is 132 cm³/mol. The third-order valence-corrected chi connectivity index (χ3v) is 7.72. The van der Waals surface area contributed by atoms with Crippen LogP contribution < -0.4 is 9.47 Å². The highest BCUT2D eigenvalue weighted by atomic mass is 16.5. The second kappa shape index (κ2) is 10.6. The zero-order chi connectivity index (χ0) is 22.6. The lowest BCUT2D eigenvalue weighted by Gasteiger charge is -2.36. The van der Waals surface area contributed by atoms with Gasteiger partial charge in [0.05, 0.1) is 25.8 Å². The predicted octanol–water partition coefficient (Wildman–Crippen LogP) is 4.38. The van der Waals surface area contributed by atoms with Crippen molar-refractivity contribution in [1.29, 1.82) is 0 Å². The van der Waals surface area contributed by atoms with E-state index < -0.39 is 0 Å². The lowest BCUT2D eigenvalue weighted by molar-refractivity contribution is 0.122. The van der Waals surface area contributed by atoms with Crippen LogP contribution in [-0.4, -0.2) is 80.5 Å². The number of ether oxygens (including phenoxy) is 3. The highest BCUT2D eigenvalue weighted by molar-refractivity contribution is 5.86. The fourth-order valence-corrected chi connectivity index (χ4v) is 5.87. The summed E-state index contributed by atoms with van der Waals surface area (Å²) in [5, 5.41) is 1.21. The van der Waals surface area contributed by atoms with Gasteiger partial charge in [-0.15, -0.1) is 0 Å². The number of pyridine rings is 1. The summed E-state index contributed by atoms with van der Waals surface area (Å²) in [6.07, 6.45) is 7.26. The number of fused-ring (bicyclic) bond motifs is 1. The second-order valence-corrected chi connectivity index (χ2v) is 9.95. The van der Waals surface area contributed by atoms with Gasteiger partial charge in [-0.05, 0) is 95.2 Å². The van der Waals surface area contributed by atoms with Gasteiger partial charge < -0.3 is 19.1 Å². The highest BCUT2D eigenvalue weighted by Crippen LogP contribution is 2.39. The molecule has 4 heterocycles.